The second kappa shape index (κ2) is 7.18. The van der Waals surface area contributed by atoms with E-state index in [0.717, 1.165) is 57.8 Å². The van der Waals surface area contributed by atoms with Crippen LogP contribution < -0.4 is 0 Å². The molecule has 1 heterocycles. The summed E-state index contributed by atoms with van der Waals surface area (Å²) >= 11 is 0. The highest BCUT2D eigenvalue weighted by Crippen LogP contribution is 2.66. The van der Waals surface area contributed by atoms with Gasteiger partial charge in [0.25, 0.3) is 0 Å². The Morgan fingerprint density at radius 1 is 1.23 bits per heavy atom. The monoisotopic (exact) mass is 411 g/mol. The van der Waals surface area contributed by atoms with Crippen molar-refractivity contribution in [1.82, 2.24) is 9.55 Å². The number of carbonyl (C=O) groups is 1. The first kappa shape index (κ1) is 20.2. The predicted molar refractivity (Wildman–Crippen MR) is 112 cm³/mol. The molecule has 1 aromatic heterocycles. The van der Waals surface area contributed by atoms with Crippen LogP contribution in [-0.2, 0) is 11.3 Å². The molecule has 5 heteroatoms. The van der Waals surface area contributed by atoms with Crippen LogP contribution in [0.1, 0.15) is 77.3 Å². The average molecular weight is 412 g/mol. The van der Waals surface area contributed by atoms with Crippen LogP contribution in [0.5, 0.6) is 0 Å². The summed E-state index contributed by atoms with van der Waals surface area (Å²) in [6.07, 6.45) is 12.2. The molecule has 5 rings (SSSR count). The molecule has 4 nitrogen and oxygen atoms in total. The molecule has 8 atom stereocenters. The van der Waals surface area contributed by atoms with Crippen molar-refractivity contribution in [2.45, 2.75) is 83.8 Å². The maximum atomic E-state index is 16.4. The number of hydrogen-bond donors (Lipinski definition) is 0. The van der Waals surface area contributed by atoms with Crippen LogP contribution in [0, 0.1) is 52.3 Å². The highest BCUT2D eigenvalue weighted by molar-refractivity contribution is 5.82. The van der Waals surface area contributed by atoms with E-state index in [0.29, 0.717) is 30.0 Å². The van der Waals surface area contributed by atoms with E-state index >= 15 is 4.39 Å². The second-order valence-corrected chi connectivity index (χ2v) is 11.1. The van der Waals surface area contributed by atoms with E-state index < -0.39 is 5.67 Å². The van der Waals surface area contributed by atoms with Crippen LogP contribution in [0.2, 0.25) is 0 Å². The summed E-state index contributed by atoms with van der Waals surface area (Å²) in [6, 6.07) is 2.02. The molecule has 0 aliphatic heterocycles. The smallest absolute Gasteiger partial charge is 0.158 e. The number of aromatic nitrogens is 2. The summed E-state index contributed by atoms with van der Waals surface area (Å²) in [6.45, 7) is 4.90. The quantitative estimate of drug-likeness (QED) is 0.676. The van der Waals surface area contributed by atoms with Gasteiger partial charge in [-0.15, -0.1) is 0 Å². The van der Waals surface area contributed by atoms with Crippen LogP contribution in [0.15, 0.2) is 12.5 Å². The Hall–Kier alpha value is -1.70. The summed E-state index contributed by atoms with van der Waals surface area (Å²) in [5.74, 6) is 2.39. The van der Waals surface area contributed by atoms with Crippen molar-refractivity contribution >= 4 is 5.78 Å². The van der Waals surface area contributed by atoms with Crippen LogP contribution in [0.4, 0.5) is 4.39 Å². The van der Waals surface area contributed by atoms with E-state index in [2.05, 4.69) is 18.8 Å². The molecule has 4 aliphatic rings. The van der Waals surface area contributed by atoms with Crippen molar-refractivity contribution in [3.05, 3.63) is 18.2 Å². The van der Waals surface area contributed by atoms with Crippen molar-refractivity contribution in [2.75, 3.05) is 0 Å². The Kier molecular flexibility index (Phi) is 4.84. The van der Waals surface area contributed by atoms with Crippen LogP contribution in [-0.4, -0.2) is 21.0 Å². The standard InChI is InChI=1S/C25H34FN3O/c1-16-7-10-25(26)17(11-16)3-4-19-20-5-6-22(24(20,2)9-8-21(19)25)23(30)14-29-13-18(12-27)28-15-29/h13,15-17,19-22H,3-11,14H2,1-2H3/t16-,17+,19-,20?,21?,22+,24-,25?/m0/s1. The zero-order chi connectivity index (χ0) is 21.1. The van der Waals surface area contributed by atoms with Gasteiger partial charge >= 0.3 is 0 Å². The van der Waals surface area contributed by atoms with Gasteiger partial charge in [0.15, 0.2) is 11.5 Å². The number of nitrogens with zero attached hydrogens (tertiary/aromatic N) is 3. The van der Waals surface area contributed by atoms with E-state index in [4.69, 9.17) is 5.26 Å². The molecule has 0 spiro atoms. The van der Waals surface area contributed by atoms with Crippen molar-refractivity contribution in [1.29, 1.82) is 5.26 Å². The van der Waals surface area contributed by atoms with Gasteiger partial charge < -0.3 is 4.57 Å². The minimum Gasteiger partial charge on any atom is -0.329 e. The Bertz CT molecular complexity index is 874. The summed E-state index contributed by atoms with van der Waals surface area (Å²) in [5, 5.41) is 8.98. The number of imidazole rings is 1. The number of Topliss-reactive ketones (excluding diaryl/α,β-unsaturated/α-hetero) is 1. The van der Waals surface area contributed by atoms with Crippen molar-refractivity contribution in [3.63, 3.8) is 0 Å². The molecule has 30 heavy (non-hydrogen) atoms. The van der Waals surface area contributed by atoms with Gasteiger partial charge in [0.05, 0.1) is 12.9 Å². The number of halogens is 1. The predicted octanol–water partition coefficient (Wildman–Crippen LogP) is 5.32. The lowest BCUT2D eigenvalue weighted by molar-refractivity contribution is -0.146. The third kappa shape index (κ3) is 2.97. The lowest BCUT2D eigenvalue weighted by atomic mass is 9.48. The highest BCUT2D eigenvalue weighted by atomic mass is 19.1. The Balaban J connectivity index is 1.34. The zero-order valence-corrected chi connectivity index (χ0v) is 18.3. The molecule has 4 fully saturated rings. The summed E-state index contributed by atoms with van der Waals surface area (Å²) in [5.41, 5.74) is -0.601. The molecule has 3 unspecified atom stereocenters. The fourth-order valence-corrected chi connectivity index (χ4v) is 8.32. The number of carbonyl (C=O) groups excluding carboxylic acids is 1. The van der Waals surface area contributed by atoms with E-state index in [1.165, 1.54) is 0 Å². The first-order chi connectivity index (χ1) is 14.3. The Labute approximate surface area is 179 Å². The van der Waals surface area contributed by atoms with E-state index in [1.54, 1.807) is 17.1 Å². The molecular formula is C25H34FN3O. The molecular weight excluding hydrogens is 377 g/mol. The number of ketones is 1. The molecule has 0 amide bonds. The molecule has 4 saturated carbocycles. The van der Waals surface area contributed by atoms with Gasteiger partial charge in [0.2, 0.25) is 0 Å². The van der Waals surface area contributed by atoms with Gasteiger partial charge in [-0.2, -0.15) is 5.26 Å². The summed E-state index contributed by atoms with van der Waals surface area (Å²) in [4.78, 5) is 17.3. The van der Waals surface area contributed by atoms with Crippen LogP contribution in [0.3, 0.4) is 0 Å². The number of rotatable bonds is 3. The van der Waals surface area contributed by atoms with E-state index in [9.17, 15) is 4.79 Å². The molecule has 0 bridgehead atoms. The van der Waals surface area contributed by atoms with Crippen LogP contribution >= 0.6 is 0 Å². The van der Waals surface area contributed by atoms with Gasteiger partial charge in [-0.25, -0.2) is 9.37 Å². The maximum absolute atomic E-state index is 16.4. The Morgan fingerprint density at radius 2 is 2.07 bits per heavy atom. The van der Waals surface area contributed by atoms with Crippen molar-refractivity contribution in [2.24, 2.45) is 40.9 Å². The summed E-state index contributed by atoms with van der Waals surface area (Å²) in [7, 11) is 0. The third-order valence-electron chi connectivity index (χ3n) is 9.76. The van der Waals surface area contributed by atoms with Crippen LogP contribution in [0.25, 0.3) is 0 Å². The highest BCUT2D eigenvalue weighted by Gasteiger charge is 2.62. The SMILES string of the molecule is C[C@H]1CCC2(F)C3CC[C@@]4(C)C(CC[C@@H]4C(=O)Cn4cnc(C#N)c4)[C@@H]3CC[C@@H]2C1. The zero-order valence-electron chi connectivity index (χ0n) is 18.3. The second-order valence-electron chi connectivity index (χ2n) is 11.1. The van der Waals surface area contributed by atoms with E-state index in [-0.39, 0.29) is 29.0 Å². The average Bonchev–Trinajstić information content (AvgIpc) is 3.32. The van der Waals surface area contributed by atoms with Gasteiger partial charge in [-0.1, -0.05) is 13.8 Å². The molecule has 4 aliphatic carbocycles. The van der Waals surface area contributed by atoms with Gasteiger partial charge in [-0.3, -0.25) is 4.79 Å². The first-order valence-corrected chi connectivity index (χ1v) is 12.0. The molecule has 0 aromatic carbocycles. The summed E-state index contributed by atoms with van der Waals surface area (Å²) < 4.78 is 18.1. The molecule has 0 N–H and O–H groups in total. The lowest BCUT2D eigenvalue weighted by Crippen LogP contribution is -2.56. The molecule has 1 aromatic rings. The number of hydrogen-bond acceptors (Lipinski definition) is 3. The number of fused-ring (bicyclic) bond motifs is 5. The minimum atomic E-state index is -0.955. The topological polar surface area (TPSA) is 58.7 Å². The normalized spacial score (nSPS) is 45.1. The lowest BCUT2D eigenvalue weighted by Gasteiger charge is -2.58. The van der Waals surface area contributed by atoms with E-state index in [1.807, 2.05) is 6.07 Å². The van der Waals surface area contributed by atoms with Crippen molar-refractivity contribution < 1.29 is 9.18 Å². The van der Waals surface area contributed by atoms with Crippen molar-refractivity contribution in [3.8, 4) is 6.07 Å². The molecule has 162 valence electrons. The fraction of sp³-hybridized carbons (Fsp3) is 0.800. The molecule has 0 radical (unpaired) electrons. The minimum absolute atomic E-state index is 0.00203. The van der Waals surface area contributed by atoms with Gasteiger partial charge in [0, 0.05) is 12.1 Å². The number of nitriles is 1. The fourth-order valence-electron chi connectivity index (χ4n) is 8.32. The van der Waals surface area contributed by atoms with Gasteiger partial charge in [-0.05, 0) is 92.8 Å². The molecule has 0 saturated heterocycles. The third-order valence-corrected chi connectivity index (χ3v) is 9.76. The first-order valence-electron chi connectivity index (χ1n) is 12.0. The largest absolute Gasteiger partial charge is 0.329 e. The Morgan fingerprint density at radius 3 is 2.83 bits per heavy atom. The van der Waals surface area contributed by atoms with Gasteiger partial charge in [0.1, 0.15) is 11.7 Å². The maximum Gasteiger partial charge on any atom is 0.158 e. The number of alkyl halides is 1.